The summed E-state index contributed by atoms with van der Waals surface area (Å²) in [6.45, 7) is 8.21. The maximum atomic E-state index is 2.40. The average Bonchev–Trinajstić information content (AvgIpc) is 3.06. The van der Waals surface area contributed by atoms with Gasteiger partial charge in [0.1, 0.15) is 0 Å². The highest BCUT2D eigenvalue weighted by molar-refractivity contribution is 5.74. The molecule has 0 amide bonds. The van der Waals surface area contributed by atoms with Crippen LogP contribution in [-0.4, -0.2) is 13.1 Å². The van der Waals surface area contributed by atoms with Gasteiger partial charge in [-0.15, -0.1) is 0 Å². The lowest BCUT2D eigenvalue weighted by Crippen LogP contribution is -2.21. The molecule has 2 heteroatoms. The topological polar surface area (TPSA) is 6.48 Å². The molecule has 0 fully saturated rings. The van der Waals surface area contributed by atoms with Gasteiger partial charge in [-0.25, -0.2) is 0 Å². The quantitative estimate of drug-likeness (QED) is 0.143. The van der Waals surface area contributed by atoms with Crippen LogP contribution in [0.1, 0.15) is 47.2 Å². The van der Waals surface area contributed by atoms with Gasteiger partial charge in [0.25, 0.3) is 0 Å². The van der Waals surface area contributed by atoms with E-state index in [0.29, 0.717) is 0 Å². The van der Waals surface area contributed by atoms with Crippen molar-refractivity contribution in [2.45, 2.75) is 26.9 Å². The van der Waals surface area contributed by atoms with Gasteiger partial charge in [0.15, 0.2) is 0 Å². The van der Waals surface area contributed by atoms with Crippen LogP contribution < -0.4 is 9.80 Å². The summed E-state index contributed by atoms with van der Waals surface area (Å²) in [5.74, 6) is 0. The van der Waals surface area contributed by atoms with Crippen molar-refractivity contribution < 1.29 is 0 Å². The number of benzene rings is 5. The average molecular weight is 549 g/mol. The van der Waals surface area contributed by atoms with Gasteiger partial charge in [0, 0.05) is 37.6 Å². The summed E-state index contributed by atoms with van der Waals surface area (Å²) in [4.78, 5) is 4.80. The minimum Gasteiger partial charge on any atom is -0.367 e. The Balaban J connectivity index is 1.15. The monoisotopic (exact) mass is 548 g/mol. The number of hydrogen-bond acceptors (Lipinski definition) is 2. The Morgan fingerprint density at radius 2 is 0.667 bits per heavy atom. The summed E-state index contributed by atoms with van der Waals surface area (Å²) in [6, 6.07) is 47.7. The third kappa shape index (κ3) is 8.11. The van der Waals surface area contributed by atoms with Crippen LogP contribution in [0.25, 0.3) is 24.3 Å². The van der Waals surface area contributed by atoms with Gasteiger partial charge in [-0.05, 0) is 71.5 Å². The molecule has 210 valence electrons. The van der Waals surface area contributed by atoms with E-state index in [1.807, 2.05) is 0 Å². The van der Waals surface area contributed by atoms with Crippen molar-refractivity contribution in [1.82, 2.24) is 0 Å². The second kappa shape index (κ2) is 14.7. The molecule has 0 saturated carbocycles. The van der Waals surface area contributed by atoms with E-state index in [4.69, 9.17) is 0 Å². The van der Waals surface area contributed by atoms with Crippen LogP contribution in [0.2, 0.25) is 0 Å². The largest absolute Gasteiger partial charge is 0.367 e. The molecular formula is C40H40N2. The highest BCUT2D eigenvalue weighted by Gasteiger charge is 2.06. The Bertz CT molecular complexity index is 1430. The Labute approximate surface area is 251 Å². The van der Waals surface area contributed by atoms with Crippen molar-refractivity contribution in [3.63, 3.8) is 0 Å². The Kier molecular flexibility index (Phi) is 10.0. The van der Waals surface area contributed by atoms with Crippen LogP contribution in [0, 0.1) is 0 Å². The second-order valence-corrected chi connectivity index (χ2v) is 10.5. The molecule has 5 rings (SSSR count). The molecule has 0 aliphatic rings. The molecule has 0 bridgehead atoms. The van der Waals surface area contributed by atoms with Gasteiger partial charge in [0.2, 0.25) is 0 Å². The summed E-state index contributed by atoms with van der Waals surface area (Å²) >= 11 is 0. The fraction of sp³-hybridized carbons (Fsp3) is 0.150. The van der Waals surface area contributed by atoms with Crippen LogP contribution in [0.4, 0.5) is 11.4 Å². The maximum absolute atomic E-state index is 2.40. The Morgan fingerprint density at radius 1 is 0.381 bits per heavy atom. The lowest BCUT2D eigenvalue weighted by molar-refractivity contribution is 0.832. The molecule has 42 heavy (non-hydrogen) atoms. The first-order chi connectivity index (χ1) is 20.7. The summed E-state index contributed by atoms with van der Waals surface area (Å²) in [7, 11) is 0. The predicted octanol–water partition coefficient (Wildman–Crippen LogP) is 10.1. The van der Waals surface area contributed by atoms with Gasteiger partial charge in [-0.3, -0.25) is 0 Å². The molecule has 5 aromatic carbocycles. The molecule has 0 heterocycles. The zero-order valence-electron chi connectivity index (χ0n) is 24.7. The molecule has 5 aromatic rings. The van der Waals surface area contributed by atoms with E-state index in [2.05, 4.69) is 181 Å². The molecule has 0 aromatic heterocycles. The molecule has 0 aliphatic carbocycles. The van der Waals surface area contributed by atoms with E-state index >= 15 is 0 Å². The van der Waals surface area contributed by atoms with E-state index < -0.39 is 0 Å². The van der Waals surface area contributed by atoms with Crippen molar-refractivity contribution in [3.05, 3.63) is 167 Å². The standard InChI is InChI=1S/C40H40N2/c1-3-41(31-37-11-7-5-8-12-37)39-27-23-35(24-28-39)21-19-33-15-17-34(18-16-33)20-22-36-25-29-40(30-26-36)42(4-2)32-38-13-9-6-10-14-38/h5-30H,3-4,31-32H2,1-2H3/b21-19+,22-20+. The van der Waals surface area contributed by atoms with Crippen LogP contribution in [-0.2, 0) is 13.1 Å². The lowest BCUT2D eigenvalue weighted by Gasteiger charge is -2.23. The third-order valence-electron chi connectivity index (χ3n) is 7.59. The summed E-state index contributed by atoms with van der Waals surface area (Å²) < 4.78 is 0. The van der Waals surface area contributed by atoms with Crippen LogP contribution in [0.15, 0.2) is 133 Å². The van der Waals surface area contributed by atoms with Crippen molar-refractivity contribution in [2.24, 2.45) is 0 Å². The van der Waals surface area contributed by atoms with Gasteiger partial charge < -0.3 is 9.80 Å². The summed E-state index contributed by atoms with van der Waals surface area (Å²) in [5.41, 5.74) is 9.95. The van der Waals surface area contributed by atoms with Crippen molar-refractivity contribution in [3.8, 4) is 0 Å². The van der Waals surface area contributed by atoms with Gasteiger partial charge >= 0.3 is 0 Å². The minimum atomic E-state index is 0.921. The molecule has 0 aliphatic heterocycles. The molecule has 0 spiro atoms. The van der Waals surface area contributed by atoms with Crippen molar-refractivity contribution in [2.75, 3.05) is 22.9 Å². The van der Waals surface area contributed by atoms with E-state index in [0.717, 1.165) is 26.2 Å². The van der Waals surface area contributed by atoms with E-state index in [-0.39, 0.29) is 0 Å². The fourth-order valence-electron chi connectivity index (χ4n) is 5.07. The Hall–Kier alpha value is -4.82. The van der Waals surface area contributed by atoms with Crippen molar-refractivity contribution >= 4 is 35.7 Å². The molecule has 0 radical (unpaired) electrons. The Morgan fingerprint density at radius 3 is 0.952 bits per heavy atom. The molecule has 2 nitrogen and oxygen atoms in total. The van der Waals surface area contributed by atoms with Crippen LogP contribution >= 0.6 is 0 Å². The first kappa shape index (κ1) is 28.7. The van der Waals surface area contributed by atoms with Gasteiger partial charge in [0.05, 0.1) is 0 Å². The third-order valence-corrected chi connectivity index (χ3v) is 7.59. The molecule has 0 N–H and O–H groups in total. The molecule has 0 saturated heterocycles. The second-order valence-electron chi connectivity index (χ2n) is 10.5. The first-order valence-electron chi connectivity index (χ1n) is 14.9. The van der Waals surface area contributed by atoms with Crippen LogP contribution in [0.3, 0.4) is 0 Å². The summed E-state index contributed by atoms with van der Waals surface area (Å²) in [5, 5.41) is 0. The van der Waals surface area contributed by atoms with E-state index in [9.17, 15) is 0 Å². The predicted molar refractivity (Wildman–Crippen MR) is 184 cm³/mol. The summed E-state index contributed by atoms with van der Waals surface area (Å²) in [6.07, 6.45) is 8.72. The zero-order chi connectivity index (χ0) is 29.0. The van der Waals surface area contributed by atoms with Crippen molar-refractivity contribution in [1.29, 1.82) is 0 Å². The molecule has 0 atom stereocenters. The number of anilines is 2. The first-order valence-corrected chi connectivity index (χ1v) is 14.9. The lowest BCUT2D eigenvalue weighted by atomic mass is 10.1. The zero-order valence-corrected chi connectivity index (χ0v) is 24.7. The van der Waals surface area contributed by atoms with E-state index in [1.54, 1.807) is 0 Å². The molecular weight excluding hydrogens is 508 g/mol. The SMILES string of the molecule is CCN(Cc1ccccc1)c1ccc(/C=C/c2ccc(/C=C/c3ccc(N(CC)Cc4ccccc4)cc3)cc2)cc1. The highest BCUT2D eigenvalue weighted by atomic mass is 15.1. The molecule has 0 unspecified atom stereocenters. The van der Waals surface area contributed by atoms with E-state index in [1.165, 1.54) is 44.8 Å². The van der Waals surface area contributed by atoms with Gasteiger partial charge in [-0.1, -0.05) is 133 Å². The highest BCUT2D eigenvalue weighted by Crippen LogP contribution is 2.21. The minimum absolute atomic E-state index is 0.921. The number of hydrogen-bond donors (Lipinski definition) is 0. The van der Waals surface area contributed by atoms with Gasteiger partial charge in [-0.2, -0.15) is 0 Å². The maximum Gasteiger partial charge on any atom is 0.0429 e. The fourth-order valence-corrected chi connectivity index (χ4v) is 5.07. The van der Waals surface area contributed by atoms with Crippen LogP contribution in [0.5, 0.6) is 0 Å². The smallest absolute Gasteiger partial charge is 0.0429 e. The number of nitrogens with zero attached hydrogens (tertiary/aromatic N) is 2. The normalized spacial score (nSPS) is 11.3. The number of rotatable bonds is 12.